The first-order valence-electron chi connectivity index (χ1n) is 9.90. The summed E-state index contributed by atoms with van der Waals surface area (Å²) < 4.78 is 53.1. The summed E-state index contributed by atoms with van der Waals surface area (Å²) in [6.45, 7) is 2.25. The summed E-state index contributed by atoms with van der Waals surface area (Å²) in [6.07, 6.45) is -0.835. The number of nitrogens with one attached hydrogen (secondary N) is 1. The van der Waals surface area contributed by atoms with Crippen LogP contribution in [0.4, 0.5) is 8.78 Å². The van der Waals surface area contributed by atoms with Gasteiger partial charge in [-0.1, -0.05) is 0 Å². The van der Waals surface area contributed by atoms with Gasteiger partial charge >= 0.3 is 0 Å². The van der Waals surface area contributed by atoms with Crippen LogP contribution in [0.3, 0.4) is 0 Å². The predicted octanol–water partition coefficient (Wildman–Crippen LogP) is 1.22. The Bertz CT molecular complexity index is 1100. The quantitative estimate of drug-likeness (QED) is 0.665. The Morgan fingerprint density at radius 3 is 1.94 bits per heavy atom. The molecule has 1 heterocycles. The van der Waals surface area contributed by atoms with Crippen LogP contribution < -0.4 is 4.72 Å². The molecule has 11 heteroatoms. The molecule has 8 nitrogen and oxygen atoms in total. The molecule has 1 saturated heterocycles. The van der Waals surface area contributed by atoms with Crippen LogP contribution in [0, 0.1) is 11.6 Å². The number of carbonyl (C=O) groups excluding carboxylic acids is 2. The monoisotopic (exact) mass is 467 g/mol. The van der Waals surface area contributed by atoms with Gasteiger partial charge in [-0.25, -0.2) is 21.9 Å². The summed E-state index contributed by atoms with van der Waals surface area (Å²) in [4.78, 5) is 28.2. The molecule has 1 aliphatic rings. The highest BCUT2D eigenvalue weighted by atomic mass is 32.2. The number of piperazine rings is 1. The van der Waals surface area contributed by atoms with E-state index in [0.717, 1.165) is 12.1 Å². The number of nitrogens with zero attached hydrogens (tertiary/aromatic N) is 2. The van der Waals surface area contributed by atoms with Gasteiger partial charge in [-0.05, 0) is 49.4 Å². The summed E-state index contributed by atoms with van der Waals surface area (Å²) >= 11 is 0. The SMILES string of the molecule is CC(O)CNS(=O)(=O)c1ccc(C(=O)N2CCN(C(=O)c3ccc(F)c(F)c3)CC2)cc1. The van der Waals surface area contributed by atoms with E-state index in [1.54, 1.807) is 0 Å². The molecule has 2 amide bonds. The third kappa shape index (κ3) is 5.47. The van der Waals surface area contributed by atoms with Crippen LogP contribution in [0.25, 0.3) is 0 Å². The lowest BCUT2D eigenvalue weighted by Crippen LogP contribution is -2.50. The number of aliphatic hydroxyl groups is 1. The fourth-order valence-corrected chi connectivity index (χ4v) is 4.32. The summed E-state index contributed by atoms with van der Waals surface area (Å²) in [7, 11) is -3.80. The van der Waals surface area contributed by atoms with Crippen LogP contribution in [-0.4, -0.2) is 74.0 Å². The smallest absolute Gasteiger partial charge is 0.254 e. The molecule has 1 aliphatic heterocycles. The minimum Gasteiger partial charge on any atom is -0.392 e. The van der Waals surface area contributed by atoms with E-state index in [9.17, 15) is 31.9 Å². The number of rotatable bonds is 6. The average Bonchev–Trinajstić information content (AvgIpc) is 2.79. The molecule has 32 heavy (non-hydrogen) atoms. The molecule has 0 aromatic heterocycles. The minimum absolute atomic E-state index is 0.0309. The Morgan fingerprint density at radius 1 is 0.938 bits per heavy atom. The number of carbonyl (C=O) groups is 2. The Balaban J connectivity index is 1.60. The summed E-state index contributed by atoms with van der Waals surface area (Å²) in [6, 6.07) is 8.37. The number of benzene rings is 2. The molecule has 1 unspecified atom stereocenters. The maximum Gasteiger partial charge on any atom is 0.254 e. The first-order chi connectivity index (χ1) is 15.1. The molecule has 0 aliphatic carbocycles. The van der Waals surface area contributed by atoms with Crippen LogP contribution >= 0.6 is 0 Å². The largest absolute Gasteiger partial charge is 0.392 e. The van der Waals surface area contributed by atoms with Gasteiger partial charge in [0.15, 0.2) is 11.6 Å². The Labute approximate surface area is 184 Å². The lowest BCUT2D eigenvalue weighted by Gasteiger charge is -2.35. The van der Waals surface area contributed by atoms with E-state index in [1.165, 1.54) is 47.1 Å². The molecule has 0 saturated carbocycles. The number of amides is 2. The Hall–Kier alpha value is -2.89. The van der Waals surface area contributed by atoms with Crippen molar-refractivity contribution < 1.29 is 31.9 Å². The summed E-state index contributed by atoms with van der Waals surface area (Å²) in [5.41, 5.74) is 0.324. The van der Waals surface area contributed by atoms with E-state index in [-0.39, 0.29) is 49.1 Å². The number of hydrogen-bond donors (Lipinski definition) is 2. The van der Waals surface area contributed by atoms with Gasteiger partial charge in [0.25, 0.3) is 11.8 Å². The maximum absolute atomic E-state index is 13.4. The van der Waals surface area contributed by atoms with Crippen molar-refractivity contribution in [2.75, 3.05) is 32.7 Å². The molecular weight excluding hydrogens is 444 g/mol. The topological polar surface area (TPSA) is 107 Å². The molecular formula is C21H23F2N3O5S. The first-order valence-corrected chi connectivity index (χ1v) is 11.4. The van der Waals surface area contributed by atoms with E-state index < -0.39 is 33.7 Å². The van der Waals surface area contributed by atoms with Gasteiger partial charge < -0.3 is 14.9 Å². The molecule has 1 atom stereocenters. The van der Waals surface area contributed by atoms with E-state index in [2.05, 4.69) is 4.72 Å². The first kappa shape index (κ1) is 23.8. The van der Waals surface area contributed by atoms with Crippen molar-refractivity contribution in [3.05, 3.63) is 65.2 Å². The van der Waals surface area contributed by atoms with Gasteiger partial charge in [-0.3, -0.25) is 9.59 Å². The highest BCUT2D eigenvalue weighted by Gasteiger charge is 2.26. The standard InChI is InChI=1S/C21H23F2N3O5S/c1-14(27)13-24-32(30,31)17-5-2-15(3-6-17)20(28)25-8-10-26(11-9-25)21(29)16-4-7-18(22)19(23)12-16/h2-7,12,14,24,27H,8-11,13H2,1H3. The fraction of sp³-hybridized carbons (Fsp3) is 0.333. The lowest BCUT2D eigenvalue weighted by molar-refractivity contribution is 0.0535. The van der Waals surface area contributed by atoms with Crippen molar-refractivity contribution in [1.29, 1.82) is 0 Å². The van der Waals surface area contributed by atoms with Gasteiger partial charge in [0.1, 0.15) is 0 Å². The fourth-order valence-electron chi connectivity index (χ4n) is 3.20. The molecule has 1 fully saturated rings. The van der Waals surface area contributed by atoms with Crippen LogP contribution in [0.15, 0.2) is 47.4 Å². The second-order valence-corrected chi connectivity index (χ2v) is 9.21. The zero-order valence-electron chi connectivity index (χ0n) is 17.3. The van der Waals surface area contributed by atoms with Crippen LogP contribution in [0.1, 0.15) is 27.6 Å². The van der Waals surface area contributed by atoms with Crippen LogP contribution in [-0.2, 0) is 10.0 Å². The van der Waals surface area contributed by atoms with Gasteiger partial charge in [0.2, 0.25) is 10.0 Å². The van der Waals surface area contributed by atoms with Crippen molar-refractivity contribution >= 4 is 21.8 Å². The lowest BCUT2D eigenvalue weighted by atomic mass is 10.1. The summed E-state index contributed by atoms with van der Waals surface area (Å²) in [5.74, 6) is -2.90. The van der Waals surface area contributed by atoms with Crippen LogP contribution in [0.5, 0.6) is 0 Å². The van der Waals surface area contributed by atoms with Gasteiger partial charge in [-0.15, -0.1) is 0 Å². The number of aliphatic hydroxyl groups excluding tert-OH is 1. The Kier molecular flexibility index (Phi) is 7.22. The van der Waals surface area contributed by atoms with Crippen molar-refractivity contribution in [3.63, 3.8) is 0 Å². The summed E-state index contributed by atoms with van der Waals surface area (Å²) in [5, 5.41) is 9.23. The number of sulfonamides is 1. The molecule has 0 radical (unpaired) electrons. The van der Waals surface area contributed by atoms with Gasteiger partial charge in [-0.2, -0.15) is 0 Å². The number of hydrogen-bond acceptors (Lipinski definition) is 5. The van der Waals surface area contributed by atoms with Gasteiger partial charge in [0, 0.05) is 43.9 Å². The maximum atomic E-state index is 13.4. The zero-order chi connectivity index (χ0) is 23.5. The van der Waals surface area contributed by atoms with E-state index in [1.807, 2.05) is 0 Å². The van der Waals surface area contributed by atoms with Crippen molar-refractivity contribution in [2.45, 2.75) is 17.9 Å². The molecule has 2 N–H and O–H groups in total. The third-order valence-corrected chi connectivity index (χ3v) is 6.44. The van der Waals surface area contributed by atoms with E-state index >= 15 is 0 Å². The normalized spacial score (nSPS) is 15.5. The molecule has 0 spiro atoms. The second-order valence-electron chi connectivity index (χ2n) is 7.44. The molecule has 0 bridgehead atoms. The molecule has 172 valence electrons. The average molecular weight is 467 g/mol. The van der Waals surface area contributed by atoms with E-state index in [0.29, 0.717) is 5.56 Å². The van der Waals surface area contributed by atoms with Crippen molar-refractivity contribution in [1.82, 2.24) is 14.5 Å². The van der Waals surface area contributed by atoms with Crippen LogP contribution in [0.2, 0.25) is 0 Å². The third-order valence-electron chi connectivity index (χ3n) is 5.00. The molecule has 2 aromatic carbocycles. The highest BCUT2D eigenvalue weighted by Crippen LogP contribution is 2.16. The van der Waals surface area contributed by atoms with Crippen molar-refractivity contribution in [2.24, 2.45) is 0 Å². The van der Waals surface area contributed by atoms with E-state index in [4.69, 9.17) is 0 Å². The predicted molar refractivity (Wildman–Crippen MR) is 111 cm³/mol. The van der Waals surface area contributed by atoms with Gasteiger partial charge in [0.05, 0.1) is 11.0 Å². The number of halogens is 2. The highest BCUT2D eigenvalue weighted by molar-refractivity contribution is 7.89. The Morgan fingerprint density at radius 2 is 1.44 bits per heavy atom. The molecule has 3 rings (SSSR count). The second kappa shape index (κ2) is 9.72. The molecule has 2 aromatic rings. The zero-order valence-corrected chi connectivity index (χ0v) is 18.1. The van der Waals surface area contributed by atoms with Crippen molar-refractivity contribution in [3.8, 4) is 0 Å². The minimum atomic E-state index is -3.80.